The monoisotopic (exact) mass is 570 g/mol. The van der Waals surface area contributed by atoms with Crippen molar-refractivity contribution in [3.63, 3.8) is 0 Å². The maximum atomic E-state index is 12.2. The summed E-state index contributed by atoms with van der Waals surface area (Å²) in [6, 6.07) is 10.8. The van der Waals surface area contributed by atoms with Crippen LogP contribution in [0.1, 0.15) is 94.3 Å². The van der Waals surface area contributed by atoms with Crippen LogP contribution in [0, 0.1) is 13.8 Å². The van der Waals surface area contributed by atoms with Gasteiger partial charge in [-0.05, 0) is 119 Å². The van der Waals surface area contributed by atoms with Crippen molar-refractivity contribution in [2.45, 2.75) is 86.5 Å². The molecule has 0 unspecified atom stereocenters. The van der Waals surface area contributed by atoms with Crippen LogP contribution in [-0.4, -0.2) is 47.8 Å². The van der Waals surface area contributed by atoms with Crippen molar-refractivity contribution in [3.05, 3.63) is 92.5 Å². The Morgan fingerprint density at radius 2 is 1.86 bits per heavy atom. The summed E-state index contributed by atoms with van der Waals surface area (Å²) >= 11 is 0. The highest BCUT2D eigenvalue weighted by molar-refractivity contribution is 5.86. The van der Waals surface area contributed by atoms with Crippen LogP contribution in [0.3, 0.4) is 0 Å². The van der Waals surface area contributed by atoms with Gasteiger partial charge in [0.25, 0.3) is 5.56 Å². The van der Waals surface area contributed by atoms with Gasteiger partial charge >= 0.3 is 0 Å². The molecule has 0 saturated carbocycles. The second-order valence-electron chi connectivity index (χ2n) is 11.3. The van der Waals surface area contributed by atoms with Crippen LogP contribution in [0.15, 0.2) is 63.8 Å². The SMILES string of the molecule is CCCc1nc(/C(C)=C/N=CC(OC)=C(C)CC)cc2cc[nH]c(=O)c12.CCN1CCC(c2ccc(C)cc2C)CC1. The first-order valence-electron chi connectivity index (χ1n) is 15.5. The van der Waals surface area contributed by atoms with Gasteiger partial charge in [0.1, 0.15) is 5.76 Å². The smallest absolute Gasteiger partial charge is 0.257 e. The first-order chi connectivity index (χ1) is 20.2. The number of methoxy groups -OCH3 is 1. The number of ether oxygens (including phenoxy) is 1. The predicted octanol–water partition coefficient (Wildman–Crippen LogP) is 8.14. The minimum atomic E-state index is -0.0884. The van der Waals surface area contributed by atoms with E-state index >= 15 is 0 Å². The molecular formula is C36H50N4O2. The van der Waals surface area contributed by atoms with Crippen LogP contribution in [0.4, 0.5) is 0 Å². The molecule has 4 rings (SSSR count). The molecule has 226 valence electrons. The molecule has 0 aliphatic carbocycles. The van der Waals surface area contributed by atoms with Gasteiger partial charge in [-0.15, -0.1) is 0 Å². The van der Waals surface area contributed by atoms with E-state index in [1.54, 1.807) is 31.3 Å². The Kier molecular flexibility index (Phi) is 12.7. The van der Waals surface area contributed by atoms with Crippen molar-refractivity contribution in [2.75, 3.05) is 26.7 Å². The average Bonchev–Trinajstić information content (AvgIpc) is 2.99. The fourth-order valence-electron chi connectivity index (χ4n) is 5.55. The van der Waals surface area contributed by atoms with Gasteiger partial charge in [0.05, 0.1) is 30.1 Å². The number of aromatic amines is 1. The third-order valence-corrected chi connectivity index (χ3v) is 8.25. The molecule has 1 fully saturated rings. The van der Waals surface area contributed by atoms with E-state index in [1.807, 2.05) is 26.0 Å². The van der Waals surface area contributed by atoms with Crippen molar-refractivity contribution >= 4 is 22.6 Å². The lowest BCUT2D eigenvalue weighted by Gasteiger charge is -2.32. The van der Waals surface area contributed by atoms with E-state index in [1.165, 1.54) is 43.6 Å². The first-order valence-corrected chi connectivity index (χ1v) is 15.5. The van der Waals surface area contributed by atoms with E-state index in [9.17, 15) is 4.79 Å². The summed E-state index contributed by atoms with van der Waals surface area (Å²) in [4.78, 5) is 26.6. The number of benzene rings is 1. The molecule has 1 N–H and O–H groups in total. The topological polar surface area (TPSA) is 70.6 Å². The Morgan fingerprint density at radius 1 is 1.12 bits per heavy atom. The van der Waals surface area contributed by atoms with Gasteiger partial charge in [-0.3, -0.25) is 14.8 Å². The largest absolute Gasteiger partial charge is 0.495 e. The summed E-state index contributed by atoms with van der Waals surface area (Å²) in [7, 11) is 1.65. The van der Waals surface area contributed by atoms with Gasteiger partial charge in [-0.2, -0.15) is 0 Å². The molecule has 0 spiro atoms. The molecule has 6 heteroatoms. The molecule has 6 nitrogen and oxygen atoms in total. The maximum Gasteiger partial charge on any atom is 0.257 e. The number of rotatable bonds is 9. The molecule has 2 aromatic heterocycles. The Bertz CT molecular complexity index is 1470. The third kappa shape index (κ3) is 8.75. The van der Waals surface area contributed by atoms with Gasteiger partial charge in [-0.1, -0.05) is 51.0 Å². The van der Waals surface area contributed by atoms with Crippen molar-refractivity contribution in [1.29, 1.82) is 0 Å². The highest BCUT2D eigenvalue weighted by Gasteiger charge is 2.20. The number of hydrogen-bond acceptors (Lipinski definition) is 5. The van der Waals surface area contributed by atoms with Gasteiger partial charge in [0.2, 0.25) is 0 Å². The third-order valence-electron chi connectivity index (χ3n) is 8.25. The van der Waals surface area contributed by atoms with E-state index in [0.717, 1.165) is 58.9 Å². The summed E-state index contributed by atoms with van der Waals surface area (Å²) in [5.74, 6) is 1.57. The van der Waals surface area contributed by atoms with Crippen molar-refractivity contribution < 1.29 is 4.74 Å². The number of piperidine rings is 1. The number of nitrogens with one attached hydrogen (secondary N) is 1. The molecule has 0 radical (unpaired) electrons. The van der Waals surface area contributed by atoms with Crippen LogP contribution in [0.5, 0.6) is 0 Å². The number of aryl methyl sites for hydroxylation is 3. The van der Waals surface area contributed by atoms with Crippen molar-refractivity contribution in [1.82, 2.24) is 14.9 Å². The zero-order valence-electron chi connectivity index (χ0n) is 27.0. The molecule has 1 saturated heterocycles. The van der Waals surface area contributed by atoms with Crippen LogP contribution in [0.25, 0.3) is 16.3 Å². The molecule has 0 bridgehead atoms. The van der Waals surface area contributed by atoms with E-state index in [2.05, 4.69) is 67.7 Å². The fourth-order valence-corrected chi connectivity index (χ4v) is 5.55. The zero-order valence-corrected chi connectivity index (χ0v) is 27.0. The summed E-state index contributed by atoms with van der Waals surface area (Å²) in [5.41, 5.74) is 8.11. The van der Waals surface area contributed by atoms with Crippen molar-refractivity contribution in [2.24, 2.45) is 4.99 Å². The minimum Gasteiger partial charge on any atom is -0.495 e. The van der Waals surface area contributed by atoms with Crippen molar-refractivity contribution in [3.8, 4) is 0 Å². The van der Waals surface area contributed by atoms with E-state index < -0.39 is 0 Å². The number of aromatic nitrogens is 2. The molecular weight excluding hydrogens is 520 g/mol. The highest BCUT2D eigenvalue weighted by atomic mass is 16.5. The number of aliphatic imine (C=N–C) groups is 1. The van der Waals surface area contributed by atoms with Crippen LogP contribution < -0.4 is 5.56 Å². The fraction of sp³-hybridized carbons (Fsp3) is 0.472. The van der Waals surface area contributed by atoms with Crippen LogP contribution >= 0.6 is 0 Å². The molecule has 0 amide bonds. The Labute approximate surface area is 252 Å². The van der Waals surface area contributed by atoms with E-state index in [4.69, 9.17) is 9.72 Å². The number of pyridine rings is 2. The zero-order chi connectivity index (χ0) is 30.6. The molecule has 1 aromatic carbocycles. The maximum absolute atomic E-state index is 12.2. The minimum absolute atomic E-state index is 0.0884. The lowest BCUT2D eigenvalue weighted by atomic mass is 9.86. The lowest BCUT2D eigenvalue weighted by Crippen LogP contribution is -2.32. The normalized spacial score (nSPS) is 15.5. The van der Waals surface area contributed by atoms with E-state index in [-0.39, 0.29) is 5.56 Å². The van der Waals surface area contributed by atoms with Gasteiger partial charge in [0, 0.05) is 12.4 Å². The summed E-state index contributed by atoms with van der Waals surface area (Å²) in [6.07, 6.45) is 10.4. The molecule has 3 heterocycles. The summed E-state index contributed by atoms with van der Waals surface area (Å²) < 4.78 is 5.36. The van der Waals surface area contributed by atoms with Gasteiger partial charge in [0.15, 0.2) is 0 Å². The number of fused-ring (bicyclic) bond motifs is 1. The number of hydrogen-bond donors (Lipinski definition) is 1. The molecule has 3 aromatic rings. The second-order valence-corrected chi connectivity index (χ2v) is 11.3. The average molecular weight is 571 g/mol. The number of allylic oxidation sites excluding steroid dienone is 3. The lowest BCUT2D eigenvalue weighted by molar-refractivity contribution is 0.222. The Balaban J connectivity index is 0.000000258. The summed E-state index contributed by atoms with van der Waals surface area (Å²) in [6.45, 7) is 18.6. The molecule has 0 atom stereocenters. The quantitative estimate of drug-likeness (QED) is 0.208. The van der Waals surface area contributed by atoms with Crippen LogP contribution in [-0.2, 0) is 11.2 Å². The van der Waals surface area contributed by atoms with Crippen LogP contribution in [0.2, 0.25) is 0 Å². The number of H-pyrrole nitrogens is 1. The first kappa shape index (κ1) is 33.0. The standard InChI is InChI=1S/C21H27N3O2.C15H23N/c1-6-8-17-20-16(9-10-23-21(20)25)11-18(24-17)15(4)12-22-13-19(26-5)14(3)7-2;1-4-16-9-7-14(8-10-16)15-6-5-12(2)11-13(15)3/h9-13H,6-8H2,1-5H3,(H,23,25);5-6,11,14H,4,7-10H2,1-3H3/b15-12+,19-14?,22-13?;. The Hall–Kier alpha value is -3.51. The van der Waals surface area contributed by atoms with Gasteiger partial charge in [-0.25, -0.2) is 0 Å². The molecule has 1 aliphatic rings. The summed E-state index contributed by atoms with van der Waals surface area (Å²) in [5, 5.41) is 1.58. The second kappa shape index (κ2) is 16.2. The highest BCUT2D eigenvalue weighted by Crippen LogP contribution is 2.30. The van der Waals surface area contributed by atoms with E-state index in [0.29, 0.717) is 5.39 Å². The Morgan fingerprint density at radius 3 is 2.48 bits per heavy atom. The van der Waals surface area contributed by atoms with Gasteiger partial charge < -0.3 is 14.6 Å². The molecule has 42 heavy (non-hydrogen) atoms. The predicted molar refractivity (Wildman–Crippen MR) is 179 cm³/mol. The number of nitrogens with zero attached hydrogens (tertiary/aromatic N) is 3. The molecule has 1 aliphatic heterocycles. The number of likely N-dealkylation sites (tertiary alicyclic amines) is 1.